The van der Waals surface area contributed by atoms with Gasteiger partial charge in [0.05, 0.1) is 23.0 Å². The summed E-state index contributed by atoms with van der Waals surface area (Å²) in [5, 5.41) is 4.74. The van der Waals surface area contributed by atoms with Gasteiger partial charge >= 0.3 is 12.4 Å². The minimum atomic E-state index is -4.74. The highest BCUT2D eigenvalue weighted by Crippen LogP contribution is 2.32. The van der Waals surface area contributed by atoms with Gasteiger partial charge < -0.3 is 10.6 Å². The Balaban J connectivity index is 0.000000408. The second-order valence-electron chi connectivity index (χ2n) is 8.52. The zero-order valence-corrected chi connectivity index (χ0v) is 21.6. The molecule has 2 heterocycles. The molecule has 3 rings (SSSR count). The monoisotopic (exact) mass is 592 g/mol. The predicted molar refractivity (Wildman–Crippen MR) is 133 cm³/mol. The van der Waals surface area contributed by atoms with E-state index < -0.39 is 46.4 Å². The standard InChI is InChI=1S/C20H20F5N3O.C5H4F3N3O/c1-3-4-5-6-28(2)11-18(22)15-8-16(17(21)7-13(15)12-29)19-26-9-14(10-27-19)20(23,24)25;6-5(7,8)3-2(9)1-10-11-4(3)12/h7-12H,3-6H2,1-2H3;1H,(H3,9,11,12)/b18-11+;. The van der Waals surface area contributed by atoms with Gasteiger partial charge in [-0.15, -0.1) is 0 Å². The maximum absolute atomic E-state index is 14.7. The second-order valence-corrected chi connectivity index (χ2v) is 8.52. The summed E-state index contributed by atoms with van der Waals surface area (Å²) in [6.45, 7) is 2.63. The number of aldehydes is 1. The van der Waals surface area contributed by atoms with Gasteiger partial charge in [-0.25, -0.2) is 23.8 Å². The maximum Gasteiger partial charge on any atom is 0.423 e. The molecule has 222 valence electrons. The number of aromatic nitrogens is 4. The maximum atomic E-state index is 14.7. The number of H-pyrrole nitrogens is 1. The van der Waals surface area contributed by atoms with Crippen molar-refractivity contribution in [1.29, 1.82) is 0 Å². The third-order valence-corrected chi connectivity index (χ3v) is 5.36. The Morgan fingerprint density at radius 2 is 1.68 bits per heavy atom. The lowest BCUT2D eigenvalue weighted by atomic mass is 10.0. The quantitative estimate of drug-likeness (QED) is 0.191. The number of nitrogens with two attached hydrogens (primary N) is 1. The molecule has 0 spiro atoms. The molecule has 3 aromatic rings. The van der Waals surface area contributed by atoms with Gasteiger partial charge in [-0.3, -0.25) is 9.59 Å². The summed E-state index contributed by atoms with van der Waals surface area (Å²) in [5.74, 6) is -2.07. The van der Waals surface area contributed by atoms with E-state index in [2.05, 4.69) is 15.1 Å². The van der Waals surface area contributed by atoms with Crippen LogP contribution in [0.1, 0.15) is 53.2 Å². The number of carbonyl (C=O) groups excluding carboxylic acids is 1. The number of hydrogen-bond donors (Lipinski definition) is 2. The summed E-state index contributed by atoms with van der Waals surface area (Å²) in [7, 11) is 1.67. The highest BCUT2D eigenvalue weighted by atomic mass is 19.4. The van der Waals surface area contributed by atoms with Gasteiger partial charge in [0, 0.05) is 43.3 Å². The SMILES string of the molecule is CCCCCN(C)/C=C(/F)c1cc(-c2ncc(C(F)(F)F)cn2)c(F)cc1C=O.Nc1cn[nH]c(=O)c1C(F)(F)F. The zero-order valence-electron chi connectivity index (χ0n) is 21.6. The van der Waals surface area contributed by atoms with Crippen molar-refractivity contribution in [3.63, 3.8) is 0 Å². The second kappa shape index (κ2) is 13.8. The molecule has 0 amide bonds. The van der Waals surface area contributed by atoms with E-state index in [1.807, 2.05) is 6.92 Å². The van der Waals surface area contributed by atoms with E-state index in [-0.39, 0.29) is 22.5 Å². The van der Waals surface area contributed by atoms with Crippen LogP contribution in [0.5, 0.6) is 0 Å². The first-order valence-electron chi connectivity index (χ1n) is 11.8. The molecule has 0 unspecified atom stereocenters. The van der Waals surface area contributed by atoms with Crippen molar-refractivity contribution in [2.45, 2.75) is 38.5 Å². The van der Waals surface area contributed by atoms with Gasteiger partial charge in [0.15, 0.2) is 12.1 Å². The number of unbranched alkanes of at least 4 members (excludes halogenated alkanes) is 2. The first-order valence-corrected chi connectivity index (χ1v) is 11.8. The van der Waals surface area contributed by atoms with Crippen LogP contribution in [0.15, 0.2) is 41.7 Å². The Morgan fingerprint density at radius 3 is 2.17 bits per heavy atom. The number of carbonyl (C=O) groups is 1. The van der Waals surface area contributed by atoms with E-state index in [0.29, 0.717) is 25.2 Å². The van der Waals surface area contributed by atoms with Crippen molar-refractivity contribution in [2.24, 2.45) is 0 Å². The van der Waals surface area contributed by atoms with Crippen LogP contribution in [0.2, 0.25) is 0 Å². The average molecular weight is 592 g/mol. The molecule has 0 saturated heterocycles. The summed E-state index contributed by atoms with van der Waals surface area (Å²) in [6.07, 6.45) is -3.27. The van der Waals surface area contributed by atoms with Crippen molar-refractivity contribution < 1.29 is 39.9 Å². The van der Waals surface area contributed by atoms with Crippen molar-refractivity contribution in [1.82, 2.24) is 25.1 Å². The van der Waals surface area contributed by atoms with Crippen LogP contribution in [0.3, 0.4) is 0 Å². The Labute approximate surface area is 227 Å². The summed E-state index contributed by atoms with van der Waals surface area (Å²) >= 11 is 0. The van der Waals surface area contributed by atoms with E-state index in [4.69, 9.17) is 5.73 Å². The molecule has 0 aliphatic heterocycles. The Hall–Kier alpha value is -4.37. The van der Waals surface area contributed by atoms with Gasteiger partial charge in [-0.2, -0.15) is 31.4 Å². The Bertz CT molecular complexity index is 1420. The minimum Gasteiger partial charge on any atom is -0.397 e. The smallest absolute Gasteiger partial charge is 0.397 e. The van der Waals surface area contributed by atoms with Crippen LogP contribution < -0.4 is 11.3 Å². The number of nitrogen functional groups attached to an aromatic ring is 1. The Kier molecular flexibility index (Phi) is 11.1. The molecule has 0 radical (unpaired) electrons. The van der Waals surface area contributed by atoms with Gasteiger partial charge in [0.2, 0.25) is 0 Å². The largest absolute Gasteiger partial charge is 0.423 e. The van der Waals surface area contributed by atoms with Crippen molar-refractivity contribution >= 4 is 17.8 Å². The number of rotatable bonds is 8. The number of halogens is 8. The highest BCUT2D eigenvalue weighted by molar-refractivity contribution is 5.86. The molecular formula is C25H24F8N6O2. The molecule has 0 bridgehead atoms. The topological polar surface area (TPSA) is 118 Å². The molecule has 16 heteroatoms. The van der Waals surface area contributed by atoms with Crippen LogP contribution in [-0.2, 0) is 12.4 Å². The molecule has 3 N–H and O–H groups in total. The molecule has 0 fully saturated rings. The van der Waals surface area contributed by atoms with Gasteiger partial charge in [0.25, 0.3) is 5.56 Å². The van der Waals surface area contributed by atoms with Crippen LogP contribution in [0.4, 0.5) is 40.8 Å². The molecule has 1 aromatic carbocycles. The lowest BCUT2D eigenvalue weighted by Crippen LogP contribution is -2.24. The zero-order chi connectivity index (χ0) is 31.0. The summed E-state index contributed by atoms with van der Waals surface area (Å²) in [5.41, 5.74) is -0.326. The fourth-order valence-corrected chi connectivity index (χ4v) is 3.32. The number of aromatic amines is 1. The van der Waals surface area contributed by atoms with Gasteiger partial charge in [-0.05, 0) is 18.6 Å². The van der Waals surface area contributed by atoms with Crippen molar-refractivity contribution in [3.05, 3.63) is 75.3 Å². The van der Waals surface area contributed by atoms with Crippen molar-refractivity contribution in [3.8, 4) is 11.4 Å². The first-order chi connectivity index (χ1) is 19.1. The van der Waals surface area contributed by atoms with Crippen LogP contribution >= 0.6 is 0 Å². The number of nitrogens with one attached hydrogen (secondary N) is 1. The van der Waals surface area contributed by atoms with Crippen LogP contribution in [0.25, 0.3) is 17.2 Å². The molecule has 0 aliphatic carbocycles. The fourth-order valence-electron chi connectivity index (χ4n) is 3.32. The molecule has 8 nitrogen and oxygen atoms in total. The van der Waals surface area contributed by atoms with Crippen LogP contribution in [0, 0.1) is 5.82 Å². The molecule has 0 saturated carbocycles. The van der Waals surface area contributed by atoms with Gasteiger partial charge in [0.1, 0.15) is 17.2 Å². The molecule has 2 aromatic heterocycles. The Morgan fingerprint density at radius 1 is 1.05 bits per heavy atom. The number of anilines is 1. The van der Waals surface area contributed by atoms with E-state index in [9.17, 15) is 44.7 Å². The normalized spacial score (nSPS) is 12.0. The van der Waals surface area contributed by atoms with Gasteiger partial charge in [-0.1, -0.05) is 19.8 Å². The summed E-state index contributed by atoms with van der Waals surface area (Å²) < 4.78 is 103. The first kappa shape index (κ1) is 32.8. The third-order valence-electron chi connectivity index (χ3n) is 5.36. The summed E-state index contributed by atoms with van der Waals surface area (Å²) in [4.78, 5) is 30.5. The lowest BCUT2D eigenvalue weighted by molar-refractivity contribution is -0.138. The highest BCUT2D eigenvalue weighted by Gasteiger charge is 2.36. The summed E-state index contributed by atoms with van der Waals surface area (Å²) in [6, 6.07) is 1.83. The third kappa shape index (κ3) is 9.08. The van der Waals surface area contributed by atoms with E-state index in [1.165, 1.54) is 6.20 Å². The fraction of sp³-hybridized carbons (Fsp3) is 0.320. The average Bonchev–Trinajstić information content (AvgIpc) is 2.87. The molecule has 41 heavy (non-hydrogen) atoms. The molecule has 0 atom stereocenters. The van der Waals surface area contributed by atoms with E-state index in [1.54, 1.807) is 17.0 Å². The van der Waals surface area contributed by atoms with Crippen LogP contribution in [-0.4, -0.2) is 44.9 Å². The number of benzene rings is 1. The minimum absolute atomic E-state index is 0.192. The number of nitrogens with zero attached hydrogens (tertiary/aromatic N) is 4. The lowest BCUT2D eigenvalue weighted by Gasteiger charge is -2.15. The number of alkyl halides is 6. The molecule has 0 aliphatic rings. The van der Waals surface area contributed by atoms with E-state index >= 15 is 0 Å². The van der Waals surface area contributed by atoms with E-state index in [0.717, 1.165) is 37.6 Å². The predicted octanol–water partition coefficient (Wildman–Crippen LogP) is 5.87. The van der Waals surface area contributed by atoms with Crippen molar-refractivity contribution in [2.75, 3.05) is 19.3 Å². The molecular weight excluding hydrogens is 568 g/mol. The number of hydrogen-bond acceptors (Lipinski definition) is 7.